The normalized spacial score (nSPS) is 10.5. The molecule has 0 unspecified atom stereocenters. The molecule has 0 N–H and O–H groups in total. The van der Waals surface area contributed by atoms with Gasteiger partial charge in [0, 0.05) is 30.1 Å². The van der Waals surface area contributed by atoms with E-state index in [0.29, 0.717) is 18.9 Å². The van der Waals surface area contributed by atoms with Crippen LogP contribution in [0.25, 0.3) is 17.1 Å². The number of unbranched alkanes of at least 4 members (excludes halogenated alkanes) is 1. The molecule has 0 aliphatic rings. The Morgan fingerprint density at radius 3 is 2.85 bits per heavy atom. The zero-order chi connectivity index (χ0) is 18.2. The van der Waals surface area contributed by atoms with Gasteiger partial charge >= 0.3 is 0 Å². The van der Waals surface area contributed by atoms with Crippen LogP contribution >= 0.6 is 11.8 Å². The smallest absolute Gasteiger partial charge is 0.196 e. The molecule has 132 valence electrons. The van der Waals surface area contributed by atoms with Crippen LogP contribution in [0.2, 0.25) is 0 Å². The van der Waals surface area contributed by atoms with Gasteiger partial charge in [0.15, 0.2) is 11.0 Å². The first kappa shape index (κ1) is 18.0. The molecule has 2 aromatic heterocycles. The van der Waals surface area contributed by atoms with Crippen molar-refractivity contribution in [2.24, 2.45) is 0 Å². The standard InChI is InChI=1S/C19H19N5OS/c1-2-25-17-10-4-3-9-16(17)24-18(15-8-7-12-21-14-15)22-23-19(24)26-13-6-5-11-20/h3-4,7-10,12,14H,2,5-6,13H2,1H3. The molecular weight excluding hydrogens is 346 g/mol. The maximum absolute atomic E-state index is 8.73. The molecule has 0 fully saturated rings. The first-order valence-corrected chi connectivity index (χ1v) is 9.41. The lowest BCUT2D eigenvalue weighted by Gasteiger charge is -2.14. The summed E-state index contributed by atoms with van der Waals surface area (Å²) in [6.45, 7) is 2.54. The average Bonchev–Trinajstić information content (AvgIpc) is 3.10. The van der Waals surface area contributed by atoms with Crippen molar-refractivity contribution < 1.29 is 4.74 Å². The third kappa shape index (κ3) is 4.03. The van der Waals surface area contributed by atoms with Gasteiger partial charge in [-0.05, 0) is 37.6 Å². The zero-order valence-corrected chi connectivity index (χ0v) is 15.3. The topological polar surface area (TPSA) is 76.6 Å². The molecule has 26 heavy (non-hydrogen) atoms. The molecule has 1 aromatic carbocycles. The second-order valence-corrected chi connectivity index (χ2v) is 6.46. The van der Waals surface area contributed by atoms with Crippen molar-refractivity contribution in [3.63, 3.8) is 0 Å². The van der Waals surface area contributed by atoms with Crippen LogP contribution < -0.4 is 4.74 Å². The Labute approximate surface area is 156 Å². The second-order valence-electron chi connectivity index (χ2n) is 5.39. The molecule has 0 saturated carbocycles. The minimum absolute atomic E-state index is 0.534. The molecule has 0 amide bonds. The van der Waals surface area contributed by atoms with Gasteiger partial charge in [-0.2, -0.15) is 5.26 Å². The molecule has 2 heterocycles. The molecule has 7 heteroatoms. The highest BCUT2D eigenvalue weighted by molar-refractivity contribution is 7.99. The SMILES string of the molecule is CCOc1ccccc1-n1c(SCCCC#N)nnc1-c1cccnc1. The Hall–Kier alpha value is -2.85. The van der Waals surface area contributed by atoms with Crippen molar-refractivity contribution in [2.75, 3.05) is 12.4 Å². The summed E-state index contributed by atoms with van der Waals surface area (Å²) in [7, 11) is 0. The molecule has 0 aliphatic heterocycles. The maximum atomic E-state index is 8.73. The Bertz CT molecular complexity index is 888. The number of benzene rings is 1. The van der Waals surface area contributed by atoms with Crippen molar-refractivity contribution in [3.8, 4) is 28.9 Å². The van der Waals surface area contributed by atoms with Crippen LogP contribution in [-0.2, 0) is 0 Å². The number of para-hydroxylation sites is 2. The number of rotatable bonds is 8. The number of aromatic nitrogens is 4. The van der Waals surface area contributed by atoms with Crippen molar-refractivity contribution in [1.82, 2.24) is 19.7 Å². The van der Waals surface area contributed by atoms with E-state index in [4.69, 9.17) is 10.00 Å². The van der Waals surface area contributed by atoms with Gasteiger partial charge in [-0.25, -0.2) is 0 Å². The summed E-state index contributed by atoms with van der Waals surface area (Å²) < 4.78 is 7.80. The second kappa shape index (κ2) is 9.02. The summed E-state index contributed by atoms with van der Waals surface area (Å²) in [5, 5.41) is 18.3. The molecule has 0 spiro atoms. The number of hydrogen-bond acceptors (Lipinski definition) is 6. The molecular formula is C19H19N5OS. The summed E-state index contributed by atoms with van der Waals surface area (Å²) >= 11 is 1.59. The lowest BCUT2D eigenvalue weighted by molar-refractivity contribution is 0.338. The van der Waals surface area contributed by atoms with Gasteiger partial charge in [-0.1, -0.05) is 23.9 Å². The van der Waals surface area contributed by atoms with Crippen LogP contribution in [0.3, 0.4) is 0 Å². The van der Waals surface area contributed by atoms with E-state index in [1.807, 2.05) is 47.9 Å². The van der Waals surface area contributed by atoms with Gasteiger partial charge in [-0.15, -0.1) is 10.2 Å². The predicted molar refractivity (Wildman–Crippen MR) is 101 cm³/mol. The number of nitrogens with zero attached hydrogens (tertiary/aromatic N) is 5. The minimum Gasteiger partial charge on any atom is -0.492 e. The Kier molecular flexibility index (Phi) is 6.23. The van der Waals surface area contributed by atoms with Crippen LogP contribution in [0.4, 0.5) is 0 Å². The lowest BCUT2D eigenvalue weighted by atomic mass is 10.2. The van der Waals surface area contributed by atoms with Crippen molar-refractivity contribution in [2.45, 2.75) is 24.9 Å². The van der Waals surface area contributed by atoms with E-state index in [1.54, 1.807) is 24.2 Å². The fourth-order valence-corrected chi connectivity index (χ4v) is 3.38. The number of thioether (sulfide) groups is 1. The van der Waals surface area contributed by atoms with Crippen molar-refractivity contribution in [1.29, 1.82) is 5.26 Å². The minimum atomic E-state index is 0.534. The quantitative estimate of drug-likeness (QED) is 0.441. The van der Waals surface area contributed by atoms with Gasteiger partial charge in [-0.3, -0.25) is 9.55 Å². The van der Waals surface area contributed by atoms with E-state index in [0.717, 1.165) is 34.3 Å². The fraction of sp³-hybridized carbons (Fsp3) is 0.263. The van der Waals surface area contributed by atoms with Crippen LogP contribution in [0, 0.1) is 11.3 Å². The average molecular weight is 365 g/mol. The summed E-state index contributed by atoms with van der Waals surface area (Å²) in [6.07, 6.45) is 4.85. The fourth-order valence-electron chi connectivity index (χ4n) is 2.50. The summed E-state index contributed by atoms with van der Waals surface area (Å²) in [5.74, 6) is 2.29. The van der Waals surface area contributed by atoms with E-state index in [9.17, 15) is 0 Å². The number of hydrogen-bond donors (Lipinski definition) is 0. The molecule has 0 aliphatic carbocycles. The van der Waals surface area contributed by atoms with E-state index in [-0.39, 0.29) is 0 Å². The predicted octanol–water partition coefficient (Wildman–Crippen LogP) is 4.12. The first-order chi connectivity index (χ1) is 12.8. The number of ether oxygens (including phenoxy) is 1. The molecule has 0 bridgehead atoms. The Balaban J connectivity index is 2.05. The molecule has 6 nitrogen and oxygen atoms in total. The van der Waals surface area contributed by atoms with Crippen molar-refractivity contribution >= 4 is 11.8 Å². The number of nitriles is 1. The van der Waals surface area contributed by atoms with Crippen LogP contribution in [0.5, 0.6) is 5.75 Å². The van der Waals surface area contributed by atoms with E-state index in [2.05, 4.69) is 21.3 Å². The largest absolute Gasteiger partial charge is 0.492 e. The van der Waals surface area contributed by atoms with Crippen LogP contribution in [0.1, 0.15) is 19.8 Å². The van der Waals surface area contributed by atoms with E-state index >= 15 is 0 Å². The van der Waals surface area contributed by atoms with E-state index < -0.39 is 0 Å². The summed E-state index contributed by atoms with van der Waals surface area (Å²) in [4.78, 5) is 4.20. The summed E-state index contributed by atoms with van der Waals surface area (Å²) in [6, 6.07) is 13.9. The highest BCUT2D eigenvalue weighted by atomic mass is 32.2. The molecule has 3 rings (SSSR count). The van der Waals surface area contributed by atoms with Crippen molar-refractivity contribution in [3.05, 3.63) is 48.8 Å². The van der Waals surface area contributed by atoms with Gasteiger partial charge < -0.3 is 4.74 Å². The first-order valence-electron chi connectivity index (χ1n) is 8.43. The van der Waals surface area contributed by atoms with Crippen LogP contribution in [-0.4, -0.2) is 32.1 Å². The molecule has 0 radical (unpaired) electrons. The summed E-state index contributed by atoms with van der Waals surface area (Å²) in [5.41, 5.74) is 1.77. The van der Waals surface area contributed by atoms with Gasteiger partial charge in [0.05, 0.1) is 18.4 Å². The third-order valence-electron chi connectivity index (χ3n) is 3.62. The maximum Gasteiger partial charge on any atom is 0.196 e. The van der Waals surface area contributed by atoms with Crippen LogP contribution in [0.15, 0.2) is 53.9 Å². The Morgan fingerprint density at radius 1 is 1.19 bits per heavy atom. The third-order valence-corrected chi connectivity index (χ3v) is 4.64. The number of pyridine rings is 1. The highest BCUT2D eigenvalue weighted by Crippen LogP contribution is 2.32. The van der Waals surface area contributed by atoms with Gasteiger partial charge in [0.1, 0.15) is 5.75 Å². The molecule has 0 saturated heterocycles. The molecule has 0 atom stereocenters. The highest BCUT2D eigenvalue weighted by Gasteiger charge is 2.18. The van der Waals surface area contributed by atoms with Gasteiger partial charge in [0.2, 0.25) is 0 Å². The lowest BCUT2D eigenvalue weighted by Crippen LogP contribution is -2.04. The van der Waals surface area contributed by atoms with Gasteiger partial charge in [0.25, 0.3) is 0 Å². The Morgan fingerprint density at radius 2 is 2.08 bits per heavy atom. The monoisotopic (exact) mass is 365 g/mol. The molecule has 3 aromatic rings. The van der Waals surface area contributed by atoms with E-state index in [1.165, 1.54) is 0 Å². The zero-order valence-electron chi connectivity index (χ0n) is 14.5.